The van der Waals surface area contributed by atoms with Crippen molar-refractivity contribution in [3.8, 4) is 0 Å². The minimum absolute atomic E-state index is 0.163. The predicted molar refractivity (Wildman–Crippen MR) is 138 cm³/mol. The van der Waals surface area contributed by atoms with Crippen LogP contribution in [0.5, 0.6) is 0 Å². The molecule has 0 aliphatic heterocycles. The van der Waals surface area contributed by atoms with E-state index in [0.29, 0.717) is 30.0 Å². The van der Waals surface area contributed by atoms with Crippen molar-refractivity contribution < 1.29 is 24.3 Å². The number of oxime groups is 1. The van der Waals surface area contributed by atoms with Gasteiger partial charge in [-0.05, 0) is 98.9 Å². The van der Waals surface area contributed by atoms with Crippen LogP contribution in [0.25, 0.3) is 0 Å². The number of carbonyl (C=O) groups excluding carboxylic acids is 2. The first kappa shape index (κ1) is 26.9. The van der Waals surface area contributed by atoms with Gasteiger partial charge in [0.05, 0.1) is 5.71 Å². The van der Waals surface area contributed by atoms with Crippen LogP contribution in [0.3, 0.4) is 0 Å². The van der Waals surface area contributed by atoms with Gasteiger partial charge in [0.25, 0.3) is 5.91 Å². The van der Waals surface area contributed by atoms with E-state index >= 15 is 0 Å². The molecule has 2 N–H and O–H groups in total. The summed E-state index contributed by atoms with van der Waals surface area (Å²) in [6.45, 7) is 10.0. The molecule has 4 aliphatic carbocycles. The van der Waals surface area contributed by atoms with Crippen molar-refractivity contribution in [2.45, 2.75) is 98.4 Å². The van der Waals surface area contributed by atoms with Gasteiger partial charge in [0.2, 0.25) is 0 Å². The Kier molecular flexibility index (Phi) is 7.68. The first-order valence-corrected chi connectivity index (χ1v) is 13.9. The van der Waals surface area contributed by atoms with Gasteiger partial charge < -0.3 is 15.3 Å². The van der Waals surface area contributed by atoms with E-state index in [1.807, 2.05) is 6.92 Å². The van der Waals surface area contributed by atoms with Gasteiger partial charge >= 0.3 is 5.97 Å². The molecular formula is C29H44N2O5. The SMILES string of the molecule is CC[C@H](C)[C@H](NC(=O)CO/N=C1/C=C2CC[C@H]3[C@@H]4CC[C@H](C(C)=O)[C@@]4(C)CC[C@@H]3[C@@]2(C)CC1)C(=O)O. The molecule has 3 saturated carbocycles. The highest BCUT2D eigenvalue weighted by molar-refractivity contribution is 5.96. The molecule has 8 atom stereocenters. The number of Topliss-reactive ketones (excluding diaryl/α,β-unsaturated/α-hetero) is 1. The highest BCUT2D eigenvalue weighted by atomic mass is 16.6. The lowest BCUT2D eigenvalue weighted by Crippen LogP contribution is -2.51. The van der Waals surface area contributed by atoms with Crippen molar-refractivity contribution in [1.82, 2.24) is 5.32 Å². The highest BCUT2D eigenvalue weighted by Crippen LogP contribution is 2.66. The van der Waals surface area contributed by atoms with Gasteiger partial charge in [-0.15, -0.1) is 0 Å². The Morgan fingerprint density at radius 3 is 2.56 bits per heavy atom. The predicted octanol–water partition coefficient (Wildman–Crippen LogP) is 5.14. The lowest BCUT2D eigenvalue weighted by molar-refractivity contribution is -0.144. The molecule has 1 amide bonds. The monoisotopic (exact) mass is 500 g/mol. The van der Waals surface area contributed by atoms with E-state index in [4.69, 9.17) is 4.84 Å². The molecular weight excluding hydrogens is 456 g/mol. The Labute approximate surface area is 215 Å². The molecule has 4 aliphatic rings. The van der Waals surface area contributed by atoms with E-state index in [-0.39, 0.29) is 29.3 Å². The molecule has 0 spiro atoms. The van der Waals surface area contributed by atoms with Gasteiger partial charge in [0, 0.05) is 5.92 Å². The smallest absolute Gasteiger partial charge is 0.326 e. The molecule has 36 heavy (non-hydrogen) atoms. The fourth-order valence-electron chi connectivity index (χ4n) is 8.38. The number of rotatable bonds is 8. The van der Waals surface area contributed by atoms with Gasteiger partial charge in [-0.1, -0.05) is 44.8 Å². The first-order chi connectivity index (χ1) is 17.0. The zero-order valence-electron chi connectivity index (χ0n) is 22.6. The molecule has 3 fully saturated rings. The average Bonchev–Trinajstić information content (AvgIpc) is 3.19. The van der Waals surface area contributed by atoms with Crippen molar-refractivity contribution in [3.05, 3.63) is 11.6 Å². The zero-order valence-corrected chi connectivity index (χ0v) is 22.6. The summed E-state index contributed by atoms with van der Waals surface area (Å²) in [4.78, 5) is 41.4. The number of ketones is 1. The minimum atomic E-state index is -1.03. The molecule has 0 bridgehead atoms. The second-order valence-corrected chi connectivity index (χ2v) is 12.4. The number of allylic oxidation sites excluding steroid dienone is 2. The zero-order chi connectivity index (χ0) is 26.3. The topological polar surface area (TPSA) is 105 Å². The van der Waals surface area contributed by atoms with Gasteiger partial charge in [-0.2, -0.15) is 0 Å². The molecule has 0 aromatic heterocycles. The number of carboxylic acid groups (broad SMARTS) is 1. The second kappa shape index (κ2) is 10.3. The third kappa shape index (κ3) is 4.74. The van der Waals surface area contributed by atoms with E-state index < -0.39 is 17.9 Å². The van der Waals surface area contributed by atoms with Crippen molar-refractivity contribution in [3.63, 3.8) is 0 Å². The summed E-state index contributed by atoms with van der Waals surface area (Å²) in [5, 5.41) is 16.2. The van der Waals surface area contributed by atoms with Crippen LogP contribution in [0.4, 0.5) is 0 Å². The van der Waals surface area contributed by atoms with Gasteiger partial charge in [0.1, 0.15) is 11.8 Å². The number of nitrogens with one attached hydrogen (secondary N) is 1. The maximum absolute atomic E-state index is 12.4. The number of nitrogens with zero attached hydrogens (tertiary/aromatic N) is 1. The molecule has 0 heterocycles. The summed E-state index contributed by atoms with van der Waals surface area (Å²) < 4.78 is 0. The average molecular weight is 501 g/mol. The first-order valence-electron chi connectivity index (χ1n) is 13.9. The van der Waals surface area contributed by atoms with E-state index in [2.05, 4.69) is 30.4 Å². The molecule has 200 valence electrons. The number of amides is 1. The lowest BCUT2D eigenvalue weighted by Gasteiger charge is -2.58. The number of hydrogen-bond acceptors (Lipinski definition) is 5. The Balaban J connectivity index is 1.39. The minimum Gasteiger partial charge on any atom is -0.480 e. The van der Waals surface area contributed by atoms with Crippen LogP contribution in [0, 0.1) is 40.4 Å². The van der Waals surface area contributed by atoms with Gasteiger partial charge in [0.15, 0.2) is 6.61 Å². The number of fused-ring (bicyclic) bond motifs is 5. The molecule has 0 aromatic carbocycles. The Morgan fingerprint density at radius 1 is 1.14 bits per heavy atom. The molecule has 4 rings (SSSR count). The van der Waals surface area contributed by atoms with Crippen LogP contribution >= 0.6 is 0 Å². The lowest BCUT2D eigenvalue weighted by atomic mass is 9.46. The third-order valence-corrected chi connectivity index (χ3v) is 10.6. The van der Waals surface area contributed by atoms with Crippen LogP contribution in [0.1, 0.15) is 92.4 Å². The molecule has 7 nitrogen and oxygen atoms in total. The maximum Gasteiger partial charge on any atom is 0.326 e. The largest absolute Gasteiger partial charge is 0.480 e. The number of carbonyl (C=O) groups is 3. The molecule has 0 saturated heterocycles. The number of carboxylic acids is 1. The van der Waals surface area contributed by atoms with Crippen LogP contribution in [0.15, 0.2) is 16.8 Å². The fourth-order valence-corrected chi connectivity index (χ4v) is 8.38. The van der Waals surface area contributed by atoms with E-state index in [1.165, 1.54) is 24.8 Å². The molecule has 0 aromatic rings. The molecule has 0 unspecified atom stereocenters. The third-order valence-electron chi connectivity index (χ3n) is 10.6. The van der Waals surface area contributed by atoms with Crippen LogP contribution in [0.2, 0.25) is 0 Å². The second-order valence-electron chi connectivity index (χ2n) is 12.4. The van der Waals surface area contributed by atoms with Crippen molar-refractivity contribution in [2.75, 3.05) is 6.61 Å². The number of aliphatic carboxylic acids is 1. The number of hydrogen-bond donors (Lipinski definition) is 2. The fraction of sp³-hybridized carbons (Fsp3) is 0.793. The normalized spacial score (nSPS) is 38.1. The van der Waals surface area contributed by atoms with Gasteiger partial charge in [-0.25, -0.2) is 4.79 Å². The summed E-state index contributed by atoms with van der Waals surface area (Å²) in [7, 11) is 0. The summed E-state index contributed by atoms with van der Waals surface area (Å²) in [6.07, 6.45) is 11.5. The maximum atomic E-state index is 12.4. The van der Waals surface area contributed by atoms with E-state index in [1.54, 1.807) is 13.8 Å². The Hall–Kier alpha value is -2.18. The van der Waals surface area contributed by atoms with E-state index in [0.717, 1.165) is 37.8 Å². The van der Waals surface area contributed by atoms with Crippen molar-refractivity contribution >= 4 is 23.4 Å². The van der Waals surface area contributed by atoms with Crippen molar-refractivity contribution in [1.29, 1.82) is 0 Å². The quantitative estimate of drug-likeness (QED) is 0.449. The Bertz CT molecular complexity index is 957. The summed E-state index contributed by atoms with van der Waals surface area (Å²) in [5.41, 5.74) is 2.66. The van der Waals surface area contributed by atoms with Crippen LogP contribution in [-0.2, 0) is 19.2 Å². The highest BCUT2D eigenvalue weighted by Gasteiger charge is 2.59. The van der Waals surface area contributed by atoms with Crippen molar-refractivity contribution in [2.24, 2.45) is 45.6 Å². The molecule has 0 radical (unpaired) electrons. The van der Waals surface area contributed by atoms with Crippen LogP contribution in [-0.4, -0.2) is 41.1 Å². The van der Waals surface area contributed by atoms with Crippen LogP contribution < -0.4 is 5.32 Å². The van der Waals surface area contributed by atoms with Gasteiger partial charge in [-0.3, -0.25) is 9.59 Å². The standard InChI is InChI=1S/C29H44N2O5/c1-6-17(2)26(27(34)35)30-25(33)16-36-31-20-11-13-28(4)19(15-20)7-8-21-23-10-9-22(18(3)32)29(23,5)14-12-24(21)28/h15,17,21-24,26H,6-14,16H2,1-5H3,(H,30,33)(H,34,35)/b31-20+/t17-,21-,22+,23-,24-,26-,28-,29+/m0/s1. The summed E-state index contributed by atoms with van der Waals surface area (Å²) >= 11 is 0. The van der Waals surface area contributed by atoms with E-state index in [9.17, 15) is 19.5 Å². The summed E-state index contributed by atoms with van der Waals surface area (Å²) in [5.74, 6) is 0.967. The summed E-state index contributed by atoms with van der Waals surface area (Å²) in [6, 6.07) is -0.922. The Morgan fingerprint density at radius 2 is 1.89 bits per heavy atom. The molecule has 7 heteroatoms.